The molecule has 1 saturated heterocycles. The molecule has 1 aliphatic rings. The van der Waals surface area contributed by atoms with Gasteiger partial charge in [-0.25, -0.2) is 4.68 Å². The van der Waals surface area contributed by atoms with Gasteiger partial charge in [-0.05, 0) is 20.8 Å². The van der Waals surface area contributed by atoms with Crippen molar-refractivity contribution < 1.29 is 14.3 Å². The van der Waals surface area contributed by atoms with Crippen LogP contribution >= 0.6 is 0 Å². The molecule has 6 heteroatoms. The van der Waals surface area contributed by atoms with Crippen LogP contribution in [0, 0.1) is 0 Å². The lowest BCUT2D eigenvalue weighted by Gasteiger charge is -2.25. The number of hydrogen-bond acceptors (Lipinski definition) is 4. The summed E-state index contributed by atoms with van der Waals surface area (Å²) in [5.41, 5.74) is 0.634. The van der Waals surface area contributed by atoms with Gasteiger partial charge in [0.1, 0.15) is 5.82 Å². The number of aromatic nitrogens is 2. The molecule has 124 valence electrons. The van der Waals surface area contributed by atoms with E-state index in [2.05, 4.69) is 52.0 Å². The first-order chi connectivity index (χ1) is 10.1. The summed E-state index contributed by atoms with van der Waals surface area (Å²) >= 11 is 0. The number of carbonyl (C=O) groups excluding carboxylic acids is 1. The second kappa shape index (κ2) is 6.01. The van der Waals surface area contributed by atoms with Crippen LogP contribution in [0.4, 0.5) is 5.82 Å². The molecule has 1 aromatic rings. The summed E-state index contributed by atoms with van der Waals surface area (Å²) < 4.78 is 12.6. The fraction of sp³-hybridized carbons (Fsp3) is 0.750. The third-order valence-electron chi connectivity index (χ3n) is 3.47. The van der Waals surface area contributed by atoms with Crippen molar-refractivity contribution in [3.05, 3.63) is 11.8 Å². The first-order valence-corrected chi connectivity index (χ1v) is 7.70. The maximum atomic E-state index is 12.3. The van der Waals surface area contributed by atoms with Gasteiger partial charge in [0.15, 0.2) is 6.10 Å². The minimum atomic E-state index is -0.560. The standard InChI is InChI=1S/C16H27N3O3/c1-15(2,3)12-9-13(19(18-12)16(4,5)6)17-14(20)11-10-21-7-8-22-11/h9,11H,7-8,10H2,1-6H3,(H,17,20). The predicted octanol–water partition coefficient (Wildman–Crippen LogP) is 2.29. The predicted molar refractivity (Wildman–Crippen MR) is 85.1 cm³/mol. The summed E-state index contributed by atoms with van der Waals surface area (Å²) in [6.07, 6.45) is -0.560. The summed E-state index contributed by atoms with van der Waals surface area (Å²) in [6, 6.07) is 1.94. The molecule has 0 saturated carbocycles. The number of nitrogens with zero attached hydrogens (tertiary/aromatic N) is 2. The first kappa shape index (κ1) is 17.0. The topological polar surface area (TPSA) is 65.4 Å². The van der Waals surface area contributed by atoms with E-state index in [0.29, 0.717) is 25.6 Å². The van der Waals surface area contributed by atoms with Crippen LogP contribution in [0.1, 0.15) is 47.2 Å². The highest BCUT2D eigenvalue weighted by Gasteiger charge is 2.28. The Kier molecular flexibility index (Phi) is 4.63. The van der Waals surface area contributed by atoms with Crippen LogP contribution in [-0.4, -0.2) is 41.6 Å². The molecule has 1 aliphatic heterocycles. The Morgan fingerprint density at radius 3 is 2.45 bits per heavy atom. The average molecular weight is 309 g/mol. The van der Waals surface area contributed by atoms with Crippen LogP contribution in [0.5, 0.6) is 0 Å². The van der Waals surface area contributed by atoms with E-state index in [-0.39, 0.29) is 16.9 Å². The molecule has 1 fully saturated rings. The van der Waals surface area contributed by atoms with Crippen molar-refractivity contribution in [3.8, 4) is 0 Å². The summed E-state index contributed by atoms with van der Waals surface area (Å²) in [7, 11) is 0. The summed E-state index contributed by atoms with van der Waals surface area (Å²) in [5, 5.41) is 7.62. The quantitative estimate of drug-likeness (QED) is 0.910. The van der Waals surface area contributed by atoms with Gasteiger partial charge in [-0.3, -0.25) is 4.79 Å². The molecule has 1 N–H and O–H groups in total. The lowest BCUT2D eigenvalue weighted by molar-refractivity contribution is -0.142. The molecule has 6 nitrogen and oxygen atoms in total. The molecule has 22 heavy (non-hydrogen) atoms. The molecular formula is C16H27N3O3. The second-order valence-electron chi connectivity index (χ2n) is 7.67. The van der Waals surface area contributed by atoms with Crippen molar-refractivity contribution in [2.75, 3.05) is 25.1 Å². The van der Waals surface area contributed by atoms with Gasteiger partial charge in [0.2, 0.25) is 0 Å². The average Bonchev–Trinajstić information content (AvgIpc) is 2.83. The Balaban J connectivity index is 2.25. The van der Waals surface area contributed by atoms with Crippen LogP contribution in [0.15, 0.2) is 6.07 Å². The van der Waals surface area contributed by atoms with Crippen LogP contribution < -0.4 is 5.32 Å². The van der Waals surface area contributed by atoms with Gasteiger partial charge in [-0.2, -0.15) is 5.10 Å². The Bertz CT molecular complexity index is 532. The van der Waals surface area contributed by atoms with Crippen molar-refractivity contribution in [2.24, 2.45) is 0 Å². The monoisotopic (exact) mass is 309 g/mol. The van der Waals surface area contributed by atoms with Gasteiger partial charge >= 0.3 is 0 Å². The largest absolute Gasteiger partial charge is 0.376 e. The second-order valence-corrected chi connectivity index (χ2v) is 7.67. The van der Waals surface area contributed by atoms with E-state index >= 15 is 0 Å². The lowest BCUT2D eigenvalue weighted by atomic mass is 9.92. The molecule has 0 bridgehead atoms. The van der Waals surface area contributed by atoms with E-state index in [0.717, 1.165) is 5.69 Å². The fourth-order valence-electron chi connectivity index (χ4n) is 2.19. The summed E-state index contributed by atoms with van der Waals surface area (Å²) in [6.45, 7) is 13.8. The number of anilines is 1. The molecule has 1 amide bonds. The van der Waals surface area contributed by atoms with Crippen molar-refractivity contribution in [1.82, 2.24) is 9.78 Å². The number of carbonyl (C=O) groups is 1. The van der Waals surface area contributed by atoms with Gasteiger partial charge in [0, 0.05) is 11.5 Å². The van der Waals surface area contributed by atoms with Crippen molar-refractivity contribution in [2.45, 2.75) is 58.6 Å². The number of ether oxygens (including phenoxy) is 2. The van der Waals surface area contributed by atoms with Gasteiger partial charge in [-0.15, -0.1) is 0 Å². The third kappa shape index (κ3) is 3.87. The van der Waals surface area contributed by atoms with Gasteiger partial charge in [0.25, 0.3) is 5.91 Å². The summed E-state index contributed by atoms with van der Waals surface area (Å²) in [4.78, 5) is 12.3. The molecule has 0 aliphatic carbocycles. The molecule has 0 spiro atoms. The highest BCUT2D eigenvalue weighted by atomic mass is 16.6. The fourth-order valence-corrected chi connectivity index (χ4v) is 2.19. The van der Waals surface area contributed by atoms with Gasteiger partial charge in [0.05, 0.1) is 31.1 Å². The minimum Gasteiger partial charge on any atom is -0.376 e. The van der Waals surface area contributed by atoms with E-state index in [1.807, 2.05) is 10.7 Å². The maximum Gasteiger partial charge on any atom is 0.257 e. The van der Waals surface area contributed by atoms with Crippen LogP contribution in [0.2, 0.25) is 0 Å². The van der Waals surface area contributed by atoms with Crippen LogP contribution in [0.3, 0.4) is 0 Å². The SMILES string of the molecule is CC(C)(C)c1cc(NC(=O)C2COCCO2)n(C(C)(C)C)n1. The molecule has 0 radical (unpaired) electrons. The smallest absolute Gasteiger partial charge is 0.257 e. The third-order valence-corrected chi connectivity index (χ3v) is 3.47. The molecule has 1 aromatic heterocycles. The Hall–Kier alpha value is -1.40. The van der Waals surface area contributed by atoms with Crippen LogP contribution in [0.25, 0.3) is 0 Å². The number of amides is 1. The zero-order chi connectivity index (χ0) is 16.5. The molecule has 2 heterocycles. The van der Waals surface area contributed by atoms with Crippen molar-refractivity contribution in [1.29, 1.82) is 0 Å². The zero-order valence-electron chi connectivity index (χ0n) is 14.4. The van der Waals surface area contributed by atoms with E-state index in [4.69, 9.17) is 9.47 Å². The Morgan fingerprint density at radius 1 is 1.27 bits per heavy atom. The number of rotatable bonds is 2. The molecule has 1 unspecified atom stereocenters. The number of nitrogens with one attached hydrogen (secondary N) is 1. The normalized spacial score (nSPS) is 20.0. The first-order valence-electron chi connectivity index (χ1n) is 7.70. The van der Waals surface area contributed by atoms with Crippen LogP contribution in [-0.2, 0) is 25.2 Å². The van der Waals surface area contributed by atoms with Gasteiger partial charge < -0.3 is 14.8 Å². The highest BCUT2D eigenvalue weighted by molar-refractivity contribution is 5.93. The summed E-state index contributed by atoms with van der Waals surface area (Å²) in [5.74, 6) is 0.502. The Labute approximate surface area is 132 Å². The lowest BCUT2D eigenvalue weighted by Crippen LogP contribution is -2.40. The molecular weight excluding hydrogens is 282 g/mol. The van der Waals surface area contributed by atoms with E-state index < -0.39 is 6.10 Å². The van der Waals surface area contributed by atoms with E-state index in [1.165, 1.54) is 0 Å². The minimum absolute atomic E-state index is 0.0829. The Morgan fingerprint density at radius 2 is 1.95 bits per heavy atom. The highest BCUT2D eigenvalue weighted by Crippen LogP contribution is 2.28. The molecule has 1 atom stereocenters. The molecule has 0 aromatic carbocycles. The van der Waals surface area contributed by atoms with E-state index in [9.17, 15) is 4.79 Å². The zero-order valence-corrected chi connectivity index (χ0v) is 14.4. The maximum absolute atomic E-state index is 12.3. The van der Waals surface area contributed by atoms with E-state index in [1.54, 1.807) is 0 Å². The van der Waals surface area contributed by atoms with Crippen molar-refractivity contribution in [3.63, 3.8) is 0 Å². The number of hydrogen-bond donors (Lipinski definition) is 1. The van der Waals surface area contributed by atoms with Gasteiger partial charge in [-0.1, -0.05) is 20.8 Å². The van der Waals surface area contributed by atoms with Crippen molar-refractivity contribution >= 4 is 11.7 Å². The molecule has 2 rings (SSSR count).